The van der Waals surface area contributed by atoms with E-state index < -0.39 is 12.6 Å². The van der Waals surface area contributed by atoms with Crippen molar-refractivity contribution in [1.29, 1.82) is 0 Å². The Labute approximate surface area is 69.9 Å². The molecule has 1 aliphatic rings. The van der Waals surface area contributed by atoms with Gasteiger partial charge in [-0.15, -0.1) is 0 Å². The van der Waals surface area contributed by atoms with Gasteiger partial charge in [-0.05, 0) is 13.5 Å². The lowest BCUT2D eigenvalue weighted by atomic mass is 10.1. The molecular formula is C8H12F3N. The van der Waals surface area contributed by atoms with Crippen LogP contribution in [0.25, 0.3) is 0 Å². The Bertz CT molecular complexity index is 183. The van der Waals surface area contributed by atoms with Crippen LogP contribution in [0.2, 0.25) is 0 Å². The lowest BCUT2D eigenvalue weighted by Gasteiger charge is -2.23. The van der Waals surface area contributed by atoms with E-state index in [0.717, 1.165) is 13.0 Å². The quantitative estimate of drug-likeness (QED) is 0.558. The molecule has 1 rings (SSSR count). The van der Waals surface area contributed by atoms with Gasteiger partial charge in [0.15, 0.2) is 0 Å². The molecular weight excluding hydrogens is 167 g/mol. The highest BCUT2D eigenvalue weighted by Crippen LogP contribution is 2.26. The summed E-state index contributed by atoms with van der Waals surface area (Å²) in [6, 6.07) is 0. The molecule has 0 amide bonds. The Morgan fingerprint density at radius 1 is 1.50 bits per heavy atom. The van der Waals surface area contributed by atoms with E-state index in [0.29, 0.717) is 12.1 Å². The second-order valence-electron chi connectivity index (χ2n) is 3.18. The van der Waals surface area contributed by atoms with Gasteiger partial charge < -0.3 is 4.90 Å². The van der Waals surface area contributed by atoms with Crippen molar-refractivity contribution in [2.24, 2.45) is 0 Å². The Morgan fingerprint density at radius 2 is 2.17 bits per heavy atom. The van der Waals surface area contributed by atoms with Gasteiger partial charge in [-0.1, -0.05) is 11.6 Å². The molecule has 0 aromatic rings. The van der Waals surface area contributed by atoms with Gasteiger partial charge in [-0.3, -0.25) is 0 Å². The highest BCUT2D eigenvalue weighted by molar-refractivity contribution is 5.08. The summed E-state index contributed by atoms with van der Waals surface area (Å²) in [5.41, 5.74) is 0.497. The van der Waals surface area contributed by atoms with Gasteiger partial charge in [0.2, 0.25) is 0 Å². The molecule has 70 valence electrons. The molecule has 0 spiro atoms. The molecule has 1 heterocycles. The highest BCUT2D eigenvalue weighted by atomic mass is 19.4. The van der Waals surface area contributed by atoms with Crippen LogP contribution in [0.5, 0.6) is 0 Å². The fraction of sp³-hybridized carbons (Fsp3) is 0.750. The third-order valence-corrected chi connectivity index (χ3v) is 1.84. The zero-order chi connectivity index (χ0) is 9.19. The van der Waals surface area contributed by atoms with E-state index in [9.17, 15) is 13.2 Å². The molecule has 1 aliphatic heterocycles. The number of likely N-dealkylation sites (N-methyl/N-ethyl adjacent to an activating group) is 1. The van der Waals surface area contributed by atoms with Crippen LogP contribution in [0.3, 0.4) is 0 Å². The van der Waals surface area contributed by atoms with Gasteiger partial charge in [0.1, 0.15) is 0 Å². The normalized spacial score (nSPS) is 20.8. The summed E-state index contributed by atoms with van der Waals surface area (Å²) in [7, 11) is 1.84. The minimum Gasteiger partial charge on any atom is -0.302 e. The van der Waals surface area contributed by atoms with Crippen LogP contribution in [0, 0.1) is 0 Å². The van der Waals surface area contributed by atoms with E-state index in [-0.39, 0.29) is 0 Å². The molecule has 0 atom stereocenters. The van der Waals surface area contributed by atoms with E-state index in [1.165, 1.54) is 0 Å². The topological polar surface area (TPSA) is 3.24 Å². The third-order valence-electron chi connectivity index (χ3n) is 1.84. The molecule has 0 saturated heterocycles. The molecule has 0 saturated carbocycles. The number of hydrogen-bond donors (Lipinski definition) is 0. The molecule has 0 bridgehead atoms. The van der Waals surface area contributed by atoms with E-state index in [1.807, 2.05) is 11.9 Å². The summed E-state index contributed by atoms with van der Waals surface area (Å²) in [5.74, 6) is 0. The van der Waals surface area contributed by atoms with Gasteiger partial charge in [0, 0.05) is 13.1 Å². The van der Waals surface area contributed by atoms with Gasteiger partial charge in [-0.2, -0.15) is 13.2 Å². The minimum atomic E-state index is -4.05. The van der Waals surface area contributed by atoms with E-state index in [4.69, 9.17) is 0 Å². The van der Waals surface area contributed by atoms with Crippen LogP contribution in [-0.2, 0) is 0 Å². The summed E-state index contributed by atoms with van der Waals surface area (Å²) in [4.78, 5) is 1.90. The monoisotopic (exact) mass is 179 g/mol. The van der Waals surface area contributed by atoms with Crippen molar-refractivity contribution in [2.75, 3.05) is 20.1 Å². The predicted octanol–water partition coefficient (Wildman–Crippen LogP) is 2.20. The Morgan fingerprint density at radius 3 is 2.67 bits per heavy atom. The van der Waals surface area contributed by atoms with Crippen molar-refractivity contribution in [3.05, 3.63) is 11.6 Å². The van der Waals surface area contributed by atoms with E-state index in [1.54, 1.807) is 6.08 Å². The first kappa shape index (κ1) is 9.58. The number of nitrogens with zero attached hydrogens (tertiary/aromatic N) is 1. The average Bonchev–Trinajstić information content (AvgIpc) is 1.82. The predicted molar refractivity (Wildman–Crippen MR) is 40.9 cm³/mol. The third kappa shape index (κ3) is 3.26. The molecule has 0 radical (unpaired) electrons. The van der Waals surface area contributed by atoms with Crippen LogP contribution < -0.4 is 0 Å². The van der Waals surface area contributed by atoms with Crippen molar-refractivity contribution in [3.63, 3.8) is 0 Å². The summed E-state index contributed by atoms with van der Waals surface area (Å²) < 4.78 is 35.7. The van der Waals surface area contributed by atoms with E-state index in [2.05, 4.69) is 0 Å². The number of alkyl halides is 3. The maximum atomic E-state index is 11.9. The van der Waals surface area contributed by atoms with Crippen LogP contribution >= 0.6 is 0 Å². The molecule has 0 fully saturated rings. The number of hydrogen-bond acceptors (Lipinski definition) is 1. The van der Waals surface area contributed by atoms with Crippen molar-refractivity contribution < 1.29 is 13.2 Å². The lowest BCUT2D eigenvalue weighted by Crippen LogP contribution is -2.27. The van der Waals surface area contributed by atoms with Crippen molar-refractivity contribution >= 4 is 0 Å². The first-order chi connectivity index (χ1) is 5.47. The fourth-order valence-electron chi connectivity index (χ4n) is 1.36. The van der Waals surface area contributed by atoms with Crippen molar-refractivity contribution in [1.82, 2.24) is 4.90 Å². The van der Waals surface area contributed by atoms with Crippen LogP contribution in [-0.4, -0.2) is 31.2 Å². The van der Waals surface area contributed by atoms with E-state index >= 15 is 0 Å². The molecule has 1 nitrogen and oxygen atoms in total. The Kier molecular flexibility index (Phi) is 2.77. The maximum Gasteiger partial charge on any atom is 0.392 e. The fourth-order valence-corrected chi connectivity index (χ4v) is 1.36. The number of halogens is 3. The first-order valence-electron chi connectivity index (χ1n) is 3.90. The van der Waals surface area contributed by atoms with Gasteiger partial charge in [-0.25, -0.2) is 0 Å². The summed E-state index contributed by atoms with van der Waals surface area (Å²) in [6.45, 7) is 1.32. The summed E-state index contributed by atoms with van der Waals surface area (Å²) in [5, 5.41) is 0. The van der Waals surface area contributed by atoms with Crippen molar-refractivity contribution in [2.45, 2.75) is 19.0 Å². The summed E-state index contributed by atoms with van der Waals surface area (Å²) in [6.07, 6.45) is -2.36. The van der Waals surface area contributed by atoms with Crippen LogP contribution in [0.4, 0.5) is 13.2 Å². The smallest absolute Gasteiger partial charge is 0.302 e. The molecule has 0 N–H and O–H groups in total. The molecule has 12 heavy (non-hydrogen) atoms. The van der Waals surface area contributed by atoms with Crippen LogP contribution in [0.15, 0.2) is 11.6 Å². The Balaban J connectivity index is 2.47. The molecule has 0 unspecified atom stereocenters. The number of rotatable bonds is 1. The minimum absolute atomic E-state index is 0.458. The zero-order valence-corrected chi connectivity index (χ0v) is 6.99. The maximum absolute atomic E-state index is 11.9. The molecule has 0 aliphatic carbocycles. The van der Waals surface area contributed by atoms with Gasteiger partial charge >= 0.3 is 6.18 Å². The Hall–Kier alpha value is -0.510. The standard InChI is InChI=1S/C8H12F3N/c1-12-4-2-3-7(6-12)5-8(9,10)11/h3H,2,4-6H2,1H3. The molecule has 0 aromatic heterocycles. The molecule has 4 heteroatoms. The zero-order valence-electron chi connectivity index (χ0n) is 6.99. The lowest BCUT2D eigenvalue weighted by molar-refractivity contribution is -0.127. The van der Waals surface area contributed by atoms with Crippen molar-refractivity contribution in [3.8, 4) is 0 Å². The SMILES string of the molecule is CN1CCC=C(CC(F)(F)F)C1. The second kappa shape index (κ2) is 3.47. The van der Waals surface area contributed by atoms with Crippen LogP contribution in [0.1, 0.15) is 12.8 Å². The summed E-state index contributed by atoms with van der Waals surface area (Å²) >= 11 is 0. The largest absolute Gasteiger partial charge is 0.392 e. The molecule has 0 aromatic carbocycles. The van der Waals surface area contributed by atoms with Gasteiger partial charge in [0.25, 0.3) is 0 Å². The second-order valence-corrected chi connectivity index (χ2v) is 3.18. The highest BCUT2D eigenvalue weighted by Gasteiger charge is 2.29. The van der Waals surface area contributed by atoms with Gasteiger partial charge in [0.05, 0.1) is 6.42 Å². The first-order valence-corrected chi connectivity index (χ1v) is 3.90. The average molecular weight is 179 g/mol.